The van der Waals surface area contributed by atoms with Crippen LogP contribution >= 0.6 is 11.6 Å². The van der Waals surface area contributed by atoms with E-state index in [-0.39, 0.29) is 5.02 Å². The fourth-order valence-electron chi connectivity index (χ4n) is 2.26. The van der Waals surface area contributed by atoms with Crippen LogP contribution < -0.4 is 0 Å². The molecule has 1 nitrogen and oxygen atoms in total. The van der Waals surface area contributed by atoms with Crippen LogP contribution in [0.2, 0.25) is 5.02 Å². The molecule has 1 aromatic rings. The Bertz CT molecular complexity index is 753. The van der Waals surface area contributed by atoms with Crippen LogP contribution in [0.3, 0.4) is 0 Å². The summed E-state index contributed by atoms with van der Waals surface area (Å²) in [7, 11) is 0. The molecule has 0 spiro atoms. The molecule has 1 aromatic carbocycles. The molecule has 0 bridgehead atoms. The zero-order chi connectivity index (χ0) is 24.2. The lowest BCUT2D eigenvalue weighted by Crippen LogP contribution is -2.70. The SMILES string of the molecule is CC(O)(CC(F)(F)C(F)(F)C(F)(F)C(F)(F)C(F)(F)C(F)(F)F)c1ccc(Cl)cc1. The van der Waals surface area contributed by atoms with Crippen LogP contribution in [-0.2, 0) is 5.60 Å². The molecule has 0 aliphatic rings. The summed E-state index contributed by atoms with van der Waals surface area (Å²) in [6, 6.07) is 3.41. The molecule has 0 heterocycles. The fraction of sp³-hybridized carbons (Fsp3) is 0.600. The van der Waals surface area contributed by atoms with E-state index in [1.165, 1.54) is 0 Å². The van der Waals surface area contributed by atoms with Gasteiger partial charge in [0.2, 0.25) is 0 Å². The van der Waals surface area contributed by atoms with Crippen molar-refractivity contribution in [1.29, 1.82) is 0 Å². The van der Waals surface area contributed by atoms with Crippen LogP contribution in [0.25, 0.3) is 0 Å². The van der Waals surface area contributed by atoms with Gasteiger partial charge in [-0.25, -0.2) is 0 Å². The van der Waals surface area contributed by atoms with Crippen molar-refractivity contribution in [1.82, 2.24) is 0 Å². The Balaban J connectivity index is 3.43. The number of halogens is 14. The summed E-state index contributed by atoms with van der Waals surface area (Å²) in [4.78, 5) is 0. The summed E-state index contributed by atoms with van der Waals surface area (Å²) in [5.74, 6) is -37.5. The molecule has 30 heavy (non-hydrogen) atoms. The van der Waals surface area contributed by atoms with Crippen molar-refractivity contribution in [2.75, 3.05) is 0 Å². The number of rotatable bonds is 7. The van der Waals surface area contributed by atoms with E-state index in [2.05, 4.69) is 0 Å². The maximum atomic E-state index is 13.9. The molecule has 0 saturated heterocycles. The molecule has 0 saturated carbocycles. The zero-order valence-electron chi connectivity index (χ0n) is 14.3. The highest BCUT2D eigenvalue weighted by molar-refractivity contribution is 6.30. The number of hydrogen-bond acceptors (Lipinski definition) is 1. The number of aliphatic hydroxyl groups is 1. The fourth-order valence-corrected chi connectivity index (χ4v) is 2.38. The molecule has 0 aliphatic heterocycles. The van der Waals surface area contributed by atoms with E-state index in [9.17, 15) is 62.2 Å². The van der Waals surface area contributed by atoms with Gasteiger partial charge in [-0.15, -0.1) is 0 Å². The summed E-state index contributed by atoms with van der Waals surface area (Å²) < 4.78 is 170. The molecule has 1 unspecified atom stereocenters. The molecule has 0 radical (unpaired) electrons. The van der Waals surface area contributed by atoms with Gasteiger partial charge in [-0.2, -0.15) is 57.1 Å². The van der Waals surface area contributed by atoms with E-state index in [1.54, 1.807) is 0 Å². The van der Waals surface area contributed by atoms with Crippen LogP contribution in [0, 0.1) is 0 Å². The van der Waals surface area contributed by atoms with Gasteiger partial charge in [0.15, 0.2) is 0 Å². The molecule has 1 N–H and O–H groups in total. The summed E-state index contributed by atoms with van der Waals surface area (Å²) in [6.45, 7) is 0.362. The van der Waals surface area contributed by atoms with E-state index < -0.39 is 53.4 Å². The summed E-state index contributed by atoms with van der Waals surface area (Å²) in [5, 5.41) is 9.87. The minimum absolute atomic E-state index is 0.0489. The van der Waals surface area contributed by atoms with Crippen LogP contribution in [0.5, 0.6) is 0 Å². The van der Waals surface area contributed by atoms with Gasteiger partial charge in [-0.3, -0.25) is 0 Å². The topological polar surface area (TPSA) is 20.2 Å². The van der Waals surface area contributed by atoms with Crippen molar-refractivity contribution in [2.45, 2.75) is 54.7 Å². The zero-order valence-corrected chi connectivity index (χ0v) is 15.0. The molecule has 1 atom stereocenters. The van der Waals surface area contributed by atoms with Crippen molar-refractivity contribution >= 4 is 11.6 Å². The summed E-state index contributed by atoms with van der Waals surface area (Å²) in [5.41, 5.74) is -3.80. The largest absolute Gasteiger partial charge is 0.460 e. The first-order valence-electron chi connectivity index (χ1n) is 7.40. The highest BCUT2D eigenvalue weighted by Gasteiger charge is 2.90. The Hall–Kier alpha value is -1.44. The summed E-state index contributed by atoms with van der Waals surface area (Å²) in [6.07, 6.45) is -10.2. The van der Waals surface area contributed by atoms with Gasteiger partial charge < -0.3 is 5.11 Å². The second-order valence-corrected chi connectivity index (χ2v) is 6.89. The van der Waals surface area contributed by atoms with Crippen LogP contribution in [0.4, 0.5) is 57.1 Å². The first kappa shape index (κ1) is 26.6. The van der Waals surface area contributed by atoms with Crippen molar-refractivity contribution in [3.05, 3.63) is 34.9 Å². The Morgan fingerprint density at radius 3 is 1.40 bits per heavy atom. The smallest absolute Gasteiger partial charge is 0.385 e. The molecule has 0 fully saturated rings. The van der Waals surface area contributed by atoms with Crippen molar-refractivity contribution in [2.24, 2.45) is 0 Å². The third-order valence-electron chi connectivity index (χ3n) is 4.03. The third kappa shape index (κ3) is 4.04. The van der Waals surface area contributed by atoms with Crippen LogP contribution in [0.15, 0.2) is 24.3 Å². The molecule has 0 aliphatic carbocycles. The number of benzene rings is 1. The molecule has 174 valence electrons. The van der Waals surface area contributed by atoms with E-state index in [4.69, 9.17) is 11.6 Å². The molecule has 0 aromatic heterocycles. The average molecular weight is 489 g/mol. The van der Waals surface area contributed by atoms with Gasteiger partial charge in [-0.05, 0) is 24.6 Å². The Labute approximate surface area is 164 Å². The molecule has 0 amide bonds. The van der Waals surface area contributed by atoms with Crippen molar-refractivity contribution in [3.63, 3.8) is 0 Å². The predicted molar refractivity (Wildman–Crippen MR) is 76.4 cm³/mol. The van der Waals surface area contributed by atoms with Gasteiger partial charge in [0, 0.05) is 5.02 Å². The number of hydrogen-bond donors (Lipinski definition) is 1. The minimum atomic E-state index is -7.97. The Morgan fingerprint density at radius 1 is 0.667 bits per heavy atom. The second kappa shape index (κ2) is 7.31. The molecular weight excluding hydrogens is 479 g/mol. The van der Waals surface area contributed by atoms with Gasteiger partial charge >= 0.3 is 35.8 Å². The minimum Gasteiger partial charge on any atom is -0.385 e. The normalized spacial score (nSPS) is 17.1. The summed E-state index contributed by atoms with van der Waals surface area (Å²) >= 11 is 5.46. The Kier molecular flexibility index (Phi) is 6.48. The highest BCUT2D eigenvalue weighted by Crippen LogP contribution is 2.61. The van der Waals surface area contributed by atoms with Gasteiger partial charge in [-0.1, -0.05) is 23.7 Å². The second-order valence-electron chi connectivity index (χ2n) is 6.46. The van der Waals surface area contributed by atoms with E-state index >= 15 is 0 Å². The van der Waals surface area contributed by atoms with E-state index in [1.807, 2.05) is 0 Å². The van der Waals surface area contributed by atoms with Gasteiger partial charge in [0.1, 0.15) is 0 Å². The number of alkyl halides is 13. The van der Waals surface area contributed by atoms with E-state index in [0.717, 1.165) is 24.3 Å². The monoisotopic (exact) mass is 488 g/mol. The maximum Gasteiger partial charge on any atom is 0.460 e. The maximum absolute atomic E-state index is 13.9. The van der Waals surface area contributed by atoms with E-state index in [0.29, 0.717) is 6.92 Å². The average Bonchev–Trinajstić information content (AvgIpc) is 2.52. The quantitative estimate of drug-likeness (QED) is 0.425. The van der Waals surface area contributed by atoms with Gasteiger partial charge in [0.25, 0.3) is 0 Å². The highest BCUT2D eigenvalue weighted by atomic mass is 35.5. The molecular formula is C15H10ClF13O. The first-order valence-corrected chi connectivity index (χ1v) is 7.78. The first-order chi connectivity index (χ1) is 13.0. The van der Waals surface area contributed by atoms with Crippen molar-refractivity contribution < 1.29 is 62.2 Å². The lowest BCUT2D eigenvalue weighted by atomic mass is 9.84. The van der Waals surface area contributed by atoms with Crippen molar-refractivity contribution in [3.8, 4) is 0 Å². The lowest BCUT2D eigenvalue weighted by molar-refractivity contribution is -0.441. The third-order valence-corrected chi connectivity index (χ3v) is 4.28. The van der Waals surface area contributed by atoms with Gasteiger partial charge in [0.05, 0.1) is 12.0 Å². The predicted octanol–water partition coefficient (Wildman–Crippen LogP) is 6.68. The Morgan fingerprint density at radius 2 is 1.03 bits per heavy atom. The molecule has 15 heteroatoms. The van der Waals surface area contributed by atoms with Crippen LogP contribution in [-0.4, -0.2) is 40.9 Å². The standard InChI is InChI=1S/C15H10ClF13O/c1-9(30,7-2-4-8(16)5-3-7)6-10(17,18)11(19,20)12(21,22)13(23,24)14(25,26)15(27,28)29/h2-5,30H,6H2,1H3. The lowest BCUT2D eigenvalue weighted by Gasteiger charge is -2.41. The molecule has 1 rings (SSSR count). The van der Waals surface area contributed by atoms with Crippen LogP contribution in [0.1, 0.15) is 18.9 Å².